The van der Waals surface area contributed by atoms with Crippen LogP contribution in [0.2, 0.25) is 0 Å². The zero-order valence-electron chi connectivity index (χ0n) is 16.0. The Morgan fingerprint density at radius 2 is 2.10 bits per heavy atom. The molecule has 3 heterocycles. The third-order valence-electron chi connectivity index (χ3n) is 5.32. The fraction of sp³-hybridized carbons (Fsp3) is 0.227. The second-order valence-corrected chi connectivity index (χ2v) is 7.58. The Hall–Kier alpha value is -3.48. The number of nitrogens with zero attached hydrogens (tertiary/aromatic N) is 4. The second-order valence-electron chi connectivity index (χ2n) is 7.58. The van der Waals surface area contributed by atoms with Gasteiger partial charge in [-0.25, -0.2) is 8.91 Å². The molecule has 1 amide bonds. The summed E-state index contributed by atoms with van der Waals surface area (Å²) in [5.74, 6) is 0.0741. The molecule has 5 rings (SSSR count). The van der Waals surface area contributed by atoms with E-state index in [-0.39, 0.29) is 11.7 Å². The van der Waals surface area contributed by atoms with Crippen molar-refractivity contribution >= 4 is 17.1 Å². The van der Waals surface area contributed by atoms with Crippen molar-refractivity contribution in [2.24, 2.45) is 5.92 Å². The van der Waals surface area contributed by atoms with Crippen molar-refractivity contribution in [3.05, 3.63) is 72.1 Å². The summed E-state index contributed by atoms with van der Waals surface area (Å²) < 4.78 is 18.2. The van der Waals surface area contributed by atoms with Gasteiger partial charge in [0.25, 0.3) is 5.91 Å². The van der Waals surface area contributed by atoms with Gasteiger partial charge in [0.1, 0.15) is 5.82 Å². The third kappa shape index (κ3) is 3.40. The molecule has 0 radical (unpaired) electrons. The molecule has 6 nitrogen and oxygen atoms in total. The number of halogens is 1. The standard InChI is InChI=1S/C22H20FN5O/c1-14-8-19(23)17(16-10-24-27(13-16)12-15-5-6-15)9-20(14)26-22(29)18-11-25-28-7-3-2-4-21(18)28/h2-4,7-11,13,15H,5-6,12H2,1H3,(H,26,29). The molecular formula is C22H20FN5O. The molecule has 1 N–H and O–H groups in total. The lowest BCUT2D eigenvalue weighted by molar-refractivity contribution is 0.102. The van der Waals surface area contributed by atoms with Gasteiger partial charge in [-0.1, -0.05) is 6.07 Å². The van der Waals surface area contributed by atoms with Crippen molar-refractivity contribution in [1.82, 2.24) is 19.4 Å². The lowest BCUT2D eigenvalue weighted by atomic mass is 10.0. The van der Waals surface area contributed by atoms with Crippen molar-refractivity contribution in [1.29, 1.82) is 0 Å². The highest BCUT2D eigenvalue weighted by Gasteiger charge is 2.22. The Labute approximate surface area is 167 Å². The predicted molar refractivity (Wildman–Crippen MR) is 108 cm³/mol. The number of anilines is 1. The first-order valence-electron chi connectivity index (χ1n) is 9.65. The lowest BCUT2D eigenvalue weighted by Gasteiger charge is -2.11. The summed E-state index contributed by atoms with van der Waals surface area (Å²) in [6.07, 6.45) is 9.32. The second kappa shape index (κ2) is 6.84. The average molecular weight is 389 g/mol. The van der Waals surface area contributed by atoms with Gasteiger partial charge in [-0.15, -0.1) is 0 Å². The summed E-state index contributed by atoms with van der Waals surface area (Å²) >= 11 is 0. The number of hydrogen-bond acceptors (Lipinski definition) is 3. The van der Waals surface area contributed by atoms with E-state index in [1.54, 1.807) is 29.9 Å². The first kappa shape index (κ1) is 17.6. The first-order valence-corrected chi connectivity index (χ1v) is 9.65. The quantitative estimate of drug-likeness (QED) is 0.553. The van der Waals surface area contributed by atoms with E-state index in [4.69, 9.17) is 0 Å². The highest BCUT2D eigenvalue weighted by Crippen LogP contribution is 2.32. The predicted octanol–water partition coefficient (Wildman–Crippen LogP) is 4.31. The number of benzene rings is 1. The molecule has 1 aliphatic rings. The van der Waals surface area contributed by atoms with Crippen LogP contribution in [0.3, 0.4) is 0 Å². The molecule has 0 atom stereocenters. The van der Waals surface area contributed by atoms with Crippen molar-refractivity contribution in [2.75, 3.05) is 5.32 Å². The fourth-order valence-electron chi connectivity index (χ4n) is 3.50. The van der Waals surface area contributed by atoms with E-state index in [1.807, 2.05) is 29.1 Å². The van der Waals surface area contributed by atoms with Gasteiger partial charge >= 0.3 is 0 Å². The van der Waals surface area contributed by atoms with Gasteiger partial charge in [0.15, 0.2) is 0 Å². The number of carbonyl (C=O) groups excluding carboxylic acids is 1. The first-order chi connectivity index (χ1) is 14.1. The molecule has 4 aromatic rings. The molecule has 3 aromatic heterocycles. The van der Waals surface area contributed by atoms with Crippen LogP contribution in [-0.4, -0.2) is 25.3 Å². The number of amides is 1. The van der Waals surface area contributed by atoms with Crippen molar-refractivity contribution in [2.45, 2.75) is 26.3 Å². The van der Waals surface area contributed by atoms with Crippen LogP contribution in [0.25, 0.3) is 16.6 Å². The van der Waals surface area contributed by atoms with Crippen LogP contribution in [0.1, 0.15) is 28.8 Å². The van der Waals surface area contributed by atoms with Crippen LogP contribution in [-0.2, 0) is 6.54 Å². The molecule has 0 unspecified atom stereocenters. The van der Waals surface area contributed by atoms with Crippen LogP contribution in [0, 0.1) is 18.7 Å². The summed E-state index contributed by atoms with van der Waals surface area (Å²) in [4.78, 5) is 12.8. The molecule has 1 fully saturated rings. The van der Waals surface area contributed by atoms with Crippen molar-refractivity contribution < 1.29 is 9.18 Å². The third-order valence-corrected chi connectivity index (χ3v) is 5.32. The summed E-state index contributed by atoms with van der Waals surface area (Å²) in [5.41, 5.74) is 3.53. The van der Waals surface area contributed by atoms with E-state index in [1.165, 1.54) is 25.1 Å². The molecule has 0 aliphatic heterocycles. The molecule has 1 aromatic carbocycles. The molecule has 0 spiro atoms. The normalized spacial score (nSPS) is 13.7. The molecular weight excluding hydrogens is 369 g/mol. The highest BCUT2D eigenvalue weighted by molar-refractivity contribution is 6.09. The number of fused-ring (bicyclic) bond motifs is 1. The number of rotatable bonds is 5. The Kier molecular flexibility index (Phi) is 4.16. The monoisotopic (exact) mass is 389 g/mol. The summed E-state index contributed by atoms with van der Waals surface area (Å²) in [6.45, 7) is 2.64. The van der Waals surface area contributed by atoms with E-state index < -0.39 is 0 Å². The molecule has 146 valence electrons. The summed E-state index contributed by atoms with van der Waals surface area (Å²) in [6, 6.07) is 8.65. The number of pyridine rings is 1. The topological polar surface area (TPSA) is 64.2 Å². The van der Waals surface area contributed by atoms with E-state index in [0.29, 0.717) is 39.4 Å². The number of aryl methyl sites for hydroxylation is 1. The Morgan fingerprint density at radius 1 is 1.24 bits per heavy atom. The molecule has 1 aliphatic carbocycles. The largest absolute Gasteiger partial charge is 0.322 e. The van der Waals surface area contributed by atoms with Gasteiger partial charge in [0, 0.05) is 35.8 Å². The van der Waals surface area contributed by atoms with Crippen LogP contribution >= 0.6 is 0 Å². The zero-order valence-corrected chi connectivity index (χ0v) is 16.0. The highest BCUT2D eigenvalue weighted by atomic mass is 19.1. The van der Waals surface area contributed by atoms with E-state index in [0.717, 1.165) is 6.54 Å². The van der Waals surface area contributed by atoms with E-state index in [9.17, 15) is 9.18 Å². The van der Waals surface area contributed by atoms with Gasteiger partial charge < -0.3 is 5.32 Å². The van der Waals surface area contributed by atoms with Crippen molar-refractivity contribution in [3.63, 3.8) is 0 Å². The maximum Gasteiger partial charge on any atom is 0.259 e. The minimum atomic E-state index is -0.331. The van der Waals surface area contributed by atoms with Crippen LogP contribution in [0.15, 0.2) is 55.1 Å². The van der Waals surface area contributed by atoms with Crippen LogP contribution < -0.4 is 5.32 Å². The number of aromatic nitrogens is 4. The van der Waals surface area contributed by atoms with Gasteiger partial charge in [-0.2, -0.15) is 10.2 Å². The maximum absolute atomic E-state index is 14.7. The zero-order chi connectivity index (χ0) is 20.0. The molecule has 29 heavy (non-hydrogen) atoms. The van der Waals surface area contributed by atoms with Crippen molar-refractivity contribution in [3.8, 4) is 11.1 Å². The molecule has 7 heteroatoms. The number of hydrogen-bond donors (Lipinski definition) is 1. The van der Waals surface area contributed by atoms with Crippen LogP contribution in [0.4, 0.5) is 10.1 Å². The average Bonchev–Trinajstić information content (AvgIpc) is 3.23. The summed E-state index contributed by atoms with van der Waals surface area (Å²) in [5, 5.41) is 11.5. The molecule has 0 bridgehead atoms. The SMILES string of the molecule is Cc1cc(F)c(-c2cnn(CC3CC3)c2)cc1NC(=O)c1cnn2ccccc12. The Bertz CT molecular complexity index is 1220. The molecule has 1 saturated carbocycles. The van der Waals surface area contributed by atoms with Gasteiger partial charge in [0.2, 0.25) is 0 Å². The molecule has 0 saturated heterocycles. The van der Waals surface area contributed by atoms with Crippen LogP contribution in [0.5, 0.6) is 0 Å². The Balaban J connectivity index is 1.44. The van der Waals surface area contributed by atoms with E-state index >= 15 is 0 Å². The summed E-state index contributed by atoms with van der Waals surface area (Å²) in [7, 11) is 0. The van der Waals surface area contributed by atoms with E-state index in [2.05, 4.69) is 15.5 Å². The lowest BCUT2D eigenvalue weighted by Crippen LogP contribution is -2.13. The minimum absolute atomic E-state index is 0.281. The van der Waals surface area contributed by atoms with Gasteiger partial charge in [-0.05, 0) is 55.5 Å². The van der Waals surface area contributed by atoms with Gasteiger partial charge in [-0.3, -0.25) is 9.48 Å². The number of nitrogens with one attached hydrogen (secondary N) is 1. The minimum Gasteiger partial charge on any atom is -0.322 e. The van der Waals surface area contributed by atoms with Gasteiger partial charge in [0.05, 0.1) is 23.5 Å². The Morgan fingerprint density at radius 3 is 2.93 bits per heavy atom. The fourth-order valence-corrected chi connectivity index (χ4v) is 3.50. The smallest absolute Gasteiger partial charge is 0.259 e. The number of carbonyl (C=O) groups is 1. The maximum atomic E-state index is 14.7.